The van der Waals surface area contributed by atoms with Gasteiger partial charge in [0.15, 0.2) is 0 Å². The Labute approximate surface area is 149 Å². The molecule has 130 valence electrons. The topological polar surface area (TPSA) is 111 Å². The number of benzene rings is 2. The third-order valence-corrected chi connectivity index (χ3v) is 3.77. The van der Waals surface area contributed by atoms with Gasteiger partial charge in [-0.2, -0.15) is 0 Å². The highest BCUT2D eigenvalue weighted by molar-refractivity contribution is 6.03. The van der Waals surface area contributed by atoms with Crippen molar-refractivity contribution in [2.45, 2.75) is 6.92 Å². The number of fused-ring (bicyclic) bond motifs is 1. The summed E-state index contributed by atoms with van der Waals surface area (Å²) in [4.78, 5) is 26.6. The van der Waals surface area contributed by atoms with E-state index < -0.39 is 4.92 Å². The van der Waals surface area contributed by atoms with E-state index in [1.807, 2.05) is 6.92 Å². The summed E-state index contributed by atoms with van der Waals surface area (Å²) in [7, 11) is 0. The first-order valence-electron chi connectivity index (χ1n) is 7.83. The first kappa shape index (κ1) is 17.1. The molecule has 1 amide bonds. The van der Waals surface area contributed by atoms with Crippen LogP contribution in [-0.2, 0) is 4.79 Å². The smallest absolute Gasteiger partial charge is 0.269 e. The minimum Gasteiger partial charge on any atom is -0.398 e. The normalized spacial score (nSPS) is 11.0. The summed E-state index contributed by atoms with van der Waals surface area (Å²) in [6.45, 7) is 1.87. The van der Waals surface area contributed by atoms with Crippen LogP contribution in [0.25, 0.3) is 17.0 Å². The summed E-state index contributed by atoms with van der Waals surface area (Å²) >= 11 is 0. The molecule has 1 aromatic heterocycles. The summed E-state index contributed by atoms with van der Waals surface area (Å²) in [6, 6.07) is 13.0. The van der Waals surface area contributed by atoms with E-state index in [4.69, 9.17) is 5.73 Å². The molecule has 7 nitrogen and oxygen atoms in total. The molecule has 26 heavy (non-hydrogen) atoms. The molecule has 0 aliphatic heterocycles. The number of carbonyl (C=O) groups excluding carboxylic acids is 1. The maximum atomic E-state index is 12.1. The largest absolute Gasteiger partial charge is 0.398 e. The Balaban J connectivity index is 1.73. The number of non-ortho nitro benzene ring substituents is 1. The molecule has 0 atom stereocenters. The Kier molecular flexibility index (Phi) is 4.62. The fraction of sp³-hybridized carbons (Fsp3) is 0.0526. The van der Waals surface area contributed by atoms with Crippen molar-refractivity contribution in [3.8, 4) is 0 Å². The van der Waals surface area contributed by atoms with Gasteiger partial charge < -0.3 is 11.1 Å². The fourth-order valence-corrected chi connectivity index (χ4v) is 2.53. The van der Waals surface area contributed by atoms with Gasteiger partial charge in [-0.15, -0.1) is 0 Å². The van der Waals surface area contributed by atoms with Gasteiger partial charge in [0.1, 0.15) is 0 Å². The van der Waals surface area contributed by atoms with Gasteiger partial charge in [-0.05, 0) is 55.0 Å². The molecule has 0 saturated heterocycles. The summed E-state index contributed by atoms with van der Waals surface area (Å²) < 4.78 is 0. The number of hydrogen-bond donors (Lipinski definition) is 2. The Morgan fingerprint density at radius 3 is 2.62 bits per heavy atom. The van der Waals surface area contributed by atoms with Crippen molar-refractivity contribution in [1.29, 1.82) is 0 Å². The maximum Gasteiger partial charge on any atom is 0.269 e. The molecular formula is C19H16N4O3. The summed E-state index contributed by atoms with van der Waals surface area (Å²) in [5.41, 5.74) is 9.51. The zero-order valence-electron chi connectivity index (χ0n) is 14.0. The molecule has 0 unspecified atom stereocenters. The first-order valence-corrected chi connectivity index (χ1v) is 7.83. The average Bonchev–Trinajstić information content (AvgIpc) is 2.61. The van der Waals surface area contributed by atoms with Gasteiger partial charge >= 0.3 is 0 Å². The number of nitro groups is 1. The van der Waals surface area contributed by atoms with Gasteiger partial charge in [-0.3, -0.25) is 19.9 Å². The predicted molar refractivity (Wildman–Crippen MR) is 102 cm³/mol. The molecule has 0 aliphatic carbocycles. The van der Waals surface area contributed by atoms with Gasteiger partial charge in [-0.25, -0.2) is 0 Å². The van der Waals surface area contributed by atoms with E-state index in [2.05, 4.69) is 10.3 Å². The number of pyridine rings is 1. The minimum absolute atomic E-state index is 0.00389. The van der Waals surface area contributed by atoms with Crippen LogP contribution in [0.5, 0.6) is 0 Å². The summed E-state index contributed by atoms with van der Waals surface area (Å²) in [6.07, 6.45) is 2.95. The third kappa shape index (κ3) is 3.84. The lowest BCUT2D eigenvalue weighted by Gasteiger charge is -2.07. The van der Waals surface area contributed by atoms with E-state index in [-0.39, 0.29) is 11.6 Å². The number of aryl methyl sites for hydroxylation is 1. The van der Waals surface area contributed by atoms with Gasteiger partial charge in [-0.1, -0.05) is 0 Å². The lowest BCUT2D eigenvalue weighted by molar-refractivity contribution is -0.384. The quantitative estimate of drug-likeness (QED) is 0.424. The van der Waals surface area contributed by atoms with Crippen molar-refractivity contribution < 1.29 is 9.72 Å². The van der Waals surface area contributed by atoms with Crippen molar-refractivity contribution in [3.05, 3.63) is 76.0 Å². The van der Waals surface area contributed by atoms with Gasteiger partial charge in [0, 0.05) is 40.7 Å². The molecule has 3 N–H and O–H groups in total. The minimum atomic E-state index is -0.470. The number of rotatable bonds is 4. The van der Waals surface area contributed by atoms with E-state index in [1.54, 1.807) is 42.5 Å². The van der Waals surface area contributed by atoms with Crippen LogP contribution in [0.4, 0.5) is 17.1 Å². The summed E-state index contributed by atoms with van der Waals surface area (Å²) in [5.74, 6) is -0.318. The number of anilines is 2. The molecule has 0 aliphatic rings. The number of nitrogens with zero attached hydrogens (tertiary/aromatic N) is 2. The average molecular weight is 348 g/mol. The van der Waals surface area contributed by atoms with Crippen LogP contribution in [0.2, 0.25) is 0 Å². The number of amides is 1. The molecule has 3 aromatic rings. The highest BCUT2D eigenvalue weighted by Gasteiger charge is 2.05. The molecule has 0 saturated carbocycles. The van der Waals surface area contributed by atoms with Crippen LogP contribution in [0, 0.1) is 17.0 Å². The van der Waals surface area contributed by atoms with Crippen LogP contribution >= 0.6 is 0 Å². The number of nitro benzene ring substituents is 1. The highest BCUT2D eigenvalue weighted by atomic mass is 16.6. The fourth-order valence-electron chi connectivity index (χ4n) is 2.53. The second-order valence-corrected chi connectivity index (χ2v) is 5.76. The molecule has 0 radical (unpaired) electrons. The monoisotopic (exact) mass is 348 g/mol. The van der Waals surface area contributed by atoms with E-state index in [1.165, 1.54) is 18.2 Å². The Bertz CT molecular complexity index is 1030. The SMILES string of the molecule is Cc1cc(N)c2cc(NC(=O)/C=C/c3ccc([N+](=O)[O-])cc3)ccc2n1. The van der Waals surface area contributed by atoms with Gasteiger partial charge in [0.2, 0.25) is 5.91 Å². The van der Waals surface area contributed by atoms with Crippen LogP contribution in [-0.4, -0.2) is 15.8 Å². The maximum absolute atomic E-state index is 12.1. The van der Waals surface area contributed by atoms with Crippen molar-refractivity contribution in [3.63, 3.8) is 0 Å². The molecule has 3 rings (SSSR count). The first-order chi connectivity index (χ1) is 12.4. The van der Waals surface area contributed by atoms with Crippen molar-refractivity contribution >= 4 is 39.9 Å². The highest BCUT2D eigenvalue weighted by Crippen LogP contribution is 2.24. The second-order valence-electron chi connectivity index (χ2n) is 5.76. The van der Waals surface area contributed by atoms with Crippen LogP contribution in [0.15, 0.2) is 54.6 Å². The number of hydrogen-bond acceptors (Lipinski definition) is 5. The molecule has 0 spiro atoms. The van der Waals surface area contributed by atoms with E-state index in [0.29, 0.717) is 16.9 Å². The molecule has 7 heteroatoms. The predicted octanol–water partition coefficient (Wildman–Crippen LogP) is 3.69. The summed E-state index contributed by atoms with van der Waals surface area (Å²) in [5, 5.41) is 14.2. The second kappa shape index (κ2) is 7.02. The van der Waals surface area contributed by atoms with Crippen molar-refractivity contribution in [1.82, 2.24) is 4.98 Å². The van der Waals surface area contributed by atoms with Crippen LogP contribution in [0.1, 0.15) is 11.3 Å². The lowest BCUT2D eigenvalue weighted by atomic mass is 10.1. The van der Waals surface area contributed by atoms with Gasteiger partial charge in [0.05, 0.1) is 10.4 Å². The van der Waals surface area contributed by atoms with Crippen LogP contribution < -0.4 is 11.1 Å². The van der Waals surface area contributed by atoms with Gasteiger partial charge in [0.25, 0.3) is 5.69 Å². The Morgan fingerprint density at radius 1 is 1.19 bits per heavy atom. The number of carbonyl (C=O) groups is 1. The van der Waals surface area contributed by atoms with E-state index in [9.17, 15) is 14.9 Å². The Hall–Kier alpha value is -3.74. The lowest BCUT2D eigenvalue weighted by Crippen LogP contribution is -2.07. The van der Waals surface area contributed by atoms with Crippen molar-refractivity contribution in [2.75, 3.05) is 11.1 Å². The number of nitrogens with one attached hydrogen (secondary N) is 1. The molecule has 1 heterocycles. The standard InChI is InChI=1S/C19H16N4O3/c1-12-10-17(20)16-11-14(5-8-18(16)21-12)22-19(24)9-4-13-2-6-15(7-3-13)23(25)26/h2-11H,1H3,(H2,20,21)(H,22,24)/b9-4+. The van der Waals surface area contributed by atoms with E-state index >= 15 is 0 Å². The van der Waals surface area contributed by atoms with Crippen molar-refractivity contribution in [2.24, 2.45) is 0 Å². The molecule has 0 bridgehead atoms. The Morgan fingerprint density at radius 2 is 1.92 bits per heavy atom. The zero-order valence-corrected chi connectivity index (χ0v) is 14.0. The molecular weight excluding hydrogens is 332 g/mol. The van der Waals surface area contributed by atoms with E-state index in [0.717, 1.165) is 16.6 Å². The number of aromatic nitrogens is 1. The molecule has 2 aromatic carbocycles. The number of nitrogens with two attached hydrogens (primary N) is 1. The zero-order chi connectivity index (χ0) is 18.7. The number of nitrogen functional groups attached to an aromatic ring is 1. The molecule has 0 fully saturated rings. The van der Waals surface area contributed by atoms with Crippen LogP contribution in [0.3, 0.4) is 0 Å². The third-order valence-electron chi connectivity index (χ3n) is 3.77.